The average Bonchev–Trinajstić information content (AvgIpc) is 3.04. The molecule has 0 aliphatic rings. The van der Waals surface area contributed by atoms with Gasteiger partial charge >= 0.3 is 0 Å². The van der Waals surface area contributed by atoms with Crippen molar-refractivity contribution in [3.05, 3.63) is 48.0 Å². The van der Waals surface area contributed by atoms with Gasteiger partial charge in [-0.05, 0) is 19.2 Å². The molecule has 0 fully saturated rings. The van der Waals surface area contributed by atoms with Gasteiger partial charge in [-0.2, -0.15) is 5.10 Å². The maximum atomic E-state index is 5.94. The lowest BCUT2D eigenvalue weighted by atomic mass is 10.1. The predicted octanol–water partition coefficient (Wildman–Crippen LogP) is 2.48. The molecule has 0 saturated carbocycles. The molecule has 0 spiro atoms. The number of nitrogens with one attached hydrogen (secondary N) is 1. The van der Waals surface area contributed by atoms with E-state index in [0.717, 1.165) is 28.2 Å². The van der Waals surface area contributed by atoms with Crippen molar-refractivity contribution < 1.29 is 9.15 Å². The summed E-state index contributed by atoms with van der Waals surface area (Å²) in [7, 11) is 5.43. The number of para-hydroxylation sites is 1. The van der Waals surface area contributed by atoms with E-state index in [1.165, 1.54) is 0 Å². The number of hydrogen-bond donors (Lipinski definition) is 1. The zero-order valence-electron chi connectivity index (χ0n) is 11.8. The molecule has 1 aromatic carbocycles. The summed E-state index contributed by atoms with van der Waals surface area (Å²) in [6.07, 6.45) is 1.71. The monoisotopic (exact) mass is 271 g/mol. The van der Waals surface area contributed by atoms with E-state index >= 15 is 0 Å². The quantitative estimate of drug-likeness (QED) is 0.792. The van der Waals surface area contributed by atoms with Gasteiger partial charge in [-0.3, -0.25) is 4.68 Å². The minimum Gasteiger partial charge on any atom is -0.493 e. The molecule has 3 aromatic rings. The van der Waals surface area contributed by atoms with Gasteiger partial charge in [0.05, 0.1) is 13.3 Å². The summed E-state index contributed by atoms with van der Waals surface area (Å²) in [6.45, 7) is 0. The molecule has 0 aliphatic carbocycles. The highest BCUT2D eigenvalue weighted by Gasteiger charge is 2.24. The second-order valence-electron chi connectivity index (χ2n) is 4.63. The standard InChI is InChI=1S/C15H17N3O2/c1-16-14(15-13(19-3)9-17-18(15)2)12-8-10-6-4-5-7-11(10)20-12/h4-9,14,16H,1-3H3. The van der Waals surface area contributed by atoms with E-state index in [1.54, 1.807) is 18.0 Å². The summed E-state index contributed by atoms with van der Waals surface area (Å²) in [6, 6.07) is 9.91. The molecular weight excluding hydrogens is 254 g/mol. The van der Waals surface area contributed by atoms with E-state index in [1.807, 2.05) is 44.4 Å². The fraction of sp³-hybridized carbons (Fsp3) is 0.267. The smallest absolute Gasteiger partial charge is 0.162 e. The molecule has 1 N–H and O–H groups in total. The normalized spacial score (nSPS) is 12.8. The summed E-state index contributed by atoms with van der Waals surface area (Å²) in [5.41, 5.74) is 1.82. The number of ether oxygens (including phenoxy) is 1. The molecular formula is C15H17N3O2. The Bertz CT molecular complexity index is 697. The number of benzene rings is 1. The van der Waals surface area contributed by atoms with Crippen molar-refractivity contribution >= 4 is 11.0 Å². The highest BCUT2D eigenvalue weighted by Crippen LogP contribution is 2.32. The van der Waals surface area contributed by atoms with Crippen molar-refractivity contribution in [2.45, 2.75) is 6.04 Å². The second kappa shape index (κ2) is 5.02. The maximum absolute atomic E-state index is 5.94. The van der Waals surface area contributed by atoms with Crippen molar-refractivity contribution in [1.29, 1.82) is 0 Å². The first-order chi connectivity index (χ1) is 9.74. The van der Waals surface area contributed by atoms with Gasteiger partial charge in [0.1, 0.15) is 23.1 Å². The van der Waals surface area contributed by atoms with Crippen molar-refractivity contribution in [1.82, 2.24) is 15.1 Å². The molecule has 104 valence electrons. The molecule has 1 atom stereocenters. The molecule has 5 heteroatoms. The summed E-state index contributed by atoms with van der Waals surface area (Å²) in [4.78, 5) is 0. The van der Waals surface area contributed by atoms with Crippen LogP contribution in [-0.4, -0.2) is 23.9 Å². The molecule has 1 unspecified atom stereocenters. The van der Waals surface area contributed by atoms with E-state index in [4.69, 9.17) is 9.15 Å². The number of methoxy groups -OCH3 is 1. The second-order valence-corrected chi connectivity index (χ2v) is 4.63. The number of furan rings is 1. The molecule has 5 nitrogen and oxygen atoms in total. The minimum absolute atomic E-state index is 0.107. The fourth-order valence-corrected chi connectivity index (χ4v) is 2.47. The summed E-state index contributed by atoms with van der Waals surface area (Å²) in [5.74, 6) is 1.59. The third kappa shape index (κ3) is 1.96. The van der Waals surface area contributed by atoms with Crippen LogP contribution >= 0.6 is 0 Å². The lowest BCUT2D eigenvalue weighted by Gasteiger charge is -2.15. The minimum atomic E-state index is -0.107. The van der Waals surface area contributed by atoms with E-state index < -0.39 is 0 Å². The van der Waals surface area contributed by atoms with Crippen molar-refractivity contribution in [2.24, 2.45) is 7.05 Å². The predicted molar refractivity (Wildman–Crippen MR) is 76.9 cm³/mol. The Morgan fingerprint density at radius 1 is 1.35 bits per heavy atom. The van der Waals surface area contributed by atoms with Gasteiger partial charge in [0.15, 0.2) is 5.75 Å². The third-order valence-corrected chi connectivity index (χ3v) is 3.46. The lowest BCUT2D eigenvalue weighted by molar-refractivity contribution is 0.394. The molecule has 3 rings (SSSR count). The third-order valence-electron chi connectivity index (χ3n) is 3.46. The van der Waals surface area contributed by atoms with Gasteiger partial charge in [0.25, 0.3) is 0 Å². The Morgan fingerprint density at radius 3 is 2.85 bits per heavy atom. The van der Waals surface area contributed by atoms with Crippen LogP contribution in [0.4, 0.5) is 0 Å². The van der Waals surface area contributed by atoms with Crippen LogP contribution in [0.2, 0.25) is 0 Å². The zero-order chi connectivity index (χ0) is 14.1. The van der Waals surface area contributed by atoms with Gasteiger partial charge in [0.2, 0.25) is 0 Å². The van der Waals surface area contributed by atoms with Crippen molar-refractivity contribution in [3.8, 4) is 5.75 Å². The van der Waals surface area contributed by atoms with Crippen LogP contribution in [0.5, 0.6) is 5.75 Å². The number of nitrogens with zero attached hydrogens (tertiary/aromatic N) is 2. The molecule has 0 saturated heterocycles. The van der Waals surface area contributed by atoms with Crippen LogP contribution < -0.4 is 10.1 Å². The molecule has 20 heavy (non-hydrogen) atoms. The van der Waals surface area contributed by atoms with E-state index in [2.05, 4.69) is 10.4 Å². The molecule has 2 heterocycles. The van der Waals surface area contributed by atoms with E-state index in [0.29, 0.717) is 0 Å². The Balaban J connectivity index is 2.11. The van der Waals surface area contributed by atoms with Crippen LogP contribution in [0.25, 0.3) is 11.0 Å². The van der Waals surface area contributed by atoms with Crippen molar-refractivity contribution in [3.63, 3.8) is 0 Å². The Morgan fingerprint density at radius 2 is 2.15 bits per heavy atom. The number of fused-ring (bicyclic) bond motifs is 1. The van der Waals surface area contributed by atoms with Crippen LogP contribution in [0.3, 0.4) is 0 Å². The van der Waals surface area contributed by atoms with Crippen LogP contribution in [0, 0.1) is 0 Å². The van der Waals surface area contributed by atoms with E-state index in [-0.39, 0.29) is 6.04 Å². The van der Waals surface area contributed by atoms with Gasteiger partial charge in [-0.15, -0.1) is 0 Å². The molecule has 0 radical (unpaired) electrons. The number of aryl methyl sites for hydroxylation is 1. The van der Waals surface area contributed by atoms with E-state index in [9.17, 15) is 0 Å². The maximum Gasteiger partial charge on any atom is 0.162 e. The topological polar surface area (TPSA) is 52.2 Å². The Kier molecular flexibility index (Phi) is 3.20. The van der Waals surface area contributed by atoms with Gasteiger partial charge in [-0.1, -0.05) is 18.2 Å². The number of aromatic nitrogens is 2. The Labute approximate surface area is 117 Å². The molecule has 0 bridgehead atoms. The van der Waals surface area contributed by atoms with Gasteiger partial charge in [0, 0.05) is 12.4 Å². The first kappa shape index (κ1) is 12.7. The number of rotatable bonds is 4. The highest BCUT2D eigenvalue weighted by molar-refractivity contribution is 5.78. The summed E-state index contributed by atoms with van der Waals surface area (Å²) < 4.78 is 13.1. The summed E-state index contributed by atoms with van der Waals surface area (Å²) in [5, 5.41) is 8.60. The summed E-state index contributed by atoms with van der Waals surface area (Å²) >= 11 is 0. The largest absolute Gasteiger partial charge is 0.493 e. The molecule has 2 aromatic heterocycles. The van der Waals surface area contributed by atoms with Crippen LogP contribution in [-0.2, 0) is 7.05 Å². The van der Waals surface area contributed by atoms with Crippen molar-refractivity contribution in [2.75, 3.05) is 14.2 Å². The van der Waals surface area contributed by atoms with Crippen LogP contribution in [0.15, 0.2) is 40.9 Å². The first-order valence-corrected chi connectivity index (χ1v) is 6.46. The molecule has 0 aliphatic heterocycles. The highest BCUT2D eigenvalue weighted by atomic mass is 16.5. The molecule has 0 amide bonds. The van der Waals surface area contributed by atoms with Crippen LogP contribution in [0.1, 0.15) is 17.5 Å². The Hall–Kier alpha value is -2.27. The SMILES string of the molecule is CNC(c1cc2ccccc2o1)c1c(OC)cnn1C. The first-order valence-electron chi connectivity index (χ1n) is 6.46. The lowest BCUT2D eigenvalue weighted by Crippen LogP contribution is -2.20. The average molecular weight is 271 g/mol. The fourth-order valence-electron chi connectivity index (χ4n) is 2.47. The van der Waals surface area contributed by atoms with Gasteiger partial charge < -0.3 is 14.5 Å². The van der Waals surface area contributed by atoms with Gasteiger partial charge in [-0.25, -0.2) is 0 Å². The zero-order valence-corrected chi connectivity index (χ0v) is 11.8. The number of hydrogen-bond acceptors (Lipinski definition) is 4.